The van der Waals surface area contributed by atoms with E-state index in [1.54, 1.807) is 18.3 Å². The number of benzene rings is 2. The van der Waals surface area contributed by atoms with E-state index >= 15 is 0 Å². The van der Waals surface area contributed by atoms with Crippen LogP contribution in [-0.4, -0.2) is 40.7 Å². The standard InChI is InChI=1S/C23H19F2N3O2/c24-23(25)6-8-28(9-7-23)22(30)15-4-5-19-14(10-15)2-1-3-18(19)16-11-17-13-27-21(29)20(17)26-12-16/h1-5,10-12H,6-9,13H2,(H,27,29). The molecule has 152 valence electrons. The monoisotopic (exact) mass is 407 g/mol. The Hall–Kier alpha value is -3.35. The predicted octanol–water partition coefficient (Wildman–Crippen LogP) is 4.02. The third-order valence-electron chi connectivity index (χ3n) is 5.84. The van der Waals surface area contributed by atoms with E-state index in [1.165, 1.54) is 4.90 Å². The van der Waals surface area contributed by atoms with Crippen LogP contribution in [0.3, 0.4) is 0 Å². The number of fused-ring (bicyclic) bond motifs is 2. The van der Waals surface area contributed by atoms with Gasteiger partial charge in [0.1, 0.15) is 5.69 Å². The summed E-state index contributed by atoms with van der Waals surface area (Å²) in [5, 5.41) is 4.61. The first kappa shape index (κ1) is 18.7. The number of carbonyl (C=O) groups is 2. The Morgan fingerprint density at radius 1 is 1.10 bits per heavy atom. The number of nitrogens with one attached hydrogen (secondary N) is 1. The molecule has 2 aliphatic heterocycles. The van der Waals surface area contributed by atoms with Gasteiger partial charge in [-0.15, -0.1) is 0 Å². The van der Waals surface area contributed by atoms with Crippen molar-refractivity contribution in [2.75, 3.05) is 13.1 Å². The van der Waals surface area contributed by atoms with Crippen molar-refractivity contribution in [3.8, 4) is 11.1 Å². The fourth-order valence-corrected chi connectivity index (χ4v) is 4.14. The van der Waals surface area contributed by atoms with Crippen molar-refractivity contribution < 1.29 is 18.4 Å². The number of piperidine rings is 1. The largest absolute Gasteiger partial charge is 0.347 e. The van der Waals surface area contributed by atoms with E-state index in [-0.39, 0.29) is 37.7 Å². The average molecular weight is 407 g/mol. The van der Waals surface area contributed by atoms with Gasteiger partial charge in [0.15, 0.2) is 0 Å². The van der Waals surface area contributed by atoms with Crippen LogP contribution in [0.5, 0.6) is 0 Å². The van der Waals surface area contributed by atoms with E-state index in [1.807, 2.05) is 30.3 Å². The molecular weight excluding hydrogens is 388 g/mol. The Morgan fingerprint density at radius 3 is 2.70 bits per heavy atom. The molecule has 0 bridgehead atoms. The maximum Gasteiger partial charge on any atom is 0.270 e. The zero-order valence-electron chi connectivity index (χ0n) is 16.1. The molecule has 2 aromatic carbocycles. The molecule has 0 radical (unpaired) electrons. The van der Waals surface area contributed by atoms with Crippen molar-refractivity contribution in [1.82, 2.24) is 15.2 Å². The summed E-state index contributed by atoms with van der Waals surface area (Å²) in [6, 6.07) is 13.2. The summed E-state index contributed by atoms with van der Waals surface area (Å²) in [7, 11) is 0. The molecule has 3 aromatic rings. The molecule has 1 N–H and O–H groups in total. The van der Waals surface area contributed by atoms with E-state index in [4.69, 9.17) is 0 Å². The molecule has 7 heteroatoms. The summed E-state index contributed by atoms with van der Waals surface area (Å²) in [6.45, 7) is 0.599. The lowest BCUT2D eigenvalue weighted by atomic mass is 9.96. The number of pyridine rings is 1. The minimum atomic E-state index is -2.68. The van der Waals surface area contributed by atoms with Gasteiger partial charge in [-0.05, 0) is 34.5 Å². The molecule has 2 amide bonds. The molecule has 3 heterocycles. The van der Waals surface area contributed by atoms with Crippen LogP contribution in [0.2, 0.25) is 0 Å². The van der Waals surface area contributed by atoms with Crippen LogP contribution in [0.25, 0.3) is 21.9 Å². The highest BCUT2D eigenvalue weighted by Crippen LogP contribution is 2.32. The molecule has 5 rings (SSSR count). The van der Waals surface area contributed by atoms with Crippen LogP contribution >= 0.6 is 0 Å². The highest BCUT2D eigenvalue weighted by atomic mass is 19.3. The molecule has 0 unspecified atom stereocenters. The highest BCUT2D eigenvalue weighted by Gasteiger charge is 2.35. The molecule has 1 aromatic heterocycles. The van der Waals surface area contributed by atoms with E-state index in [0.29, 0.717) is 17.8 Å². The predicted molar refractivity (Wildman–Crippen MR) is 108 cm³/mol. The normalized spacial score (nSPS) is 17.7. The van der Waals surface area contributed by atoms with Gasteiger partial charge in [-0.3, -0.25) is 14.6 Å². The van der Waals surface area contributed by atoms with Crippen molar-refractivity contribution in [2.24, 2.45) is 0 Å². The molecule has 0 aliphatic carbocycles. The van der Waals surface area contributed by atoms with Crippen LogP contribution in [0.4, 0.5) is 8.78 Å². The zero-order chi connectivity index (χ0) is 20.9. The number of hydrogen-bond donors (Lipinski definition) is 1. The molecule has 1 fully saturated rings. The SMILES string of the molecule is O=C1NCc2cc(-c3cccc4cc(C(=O)N5CCC(F)(F)CC5)ccc34)cnc21. The summed E-state index contributed by atoms with van der Waals surface area (Å²) in [6.07, 6.45) is 1.10. The number of carbonyl (C=O) groups excluding carboxylic acids is 2. The number of nitrogens with zero attached hydrogens (tertiary/aromatic N) is 2. The average Bonchev–Trinajstić information content (AvgIpc) is 3.12. The first-order valence-electron chi connectivity index (χ1n) is 9.89. The minimum Gasteiger partial charge on any atom is -0.347 e. The van der Waals surface area contributed by atoms with Crippen LogP contribution in [0.1, 0.15) is 39.3 Å². The number of alkyl halides is 2. The summed E-state index contributed by atoms with van der Waals surface area (Å²) in [4.78, 5) is 30.3. The van der Waals surface area contributed by atoms with E-state index < -0.39 is 5.92 Å². The van der Waals surface area contributed by atoms with Crippen LogP contribution in [-0.2, 0) is 6.54 Å². The van der Waals surface area contributed by atoms with Gasteiger partial charge in [0.2, 0.25) is 0 Å². The summed E-state index contributed by atoms with van der Waals surface area (Å²) < 4.78 is 26.8. The quantitative estimate of drug-likeness (QED) is 0.698. The second-order valence-electron chi connectivity index (χ2n) is 7.80. The minimum absolute atomic E-state index is 0.0669. The van der Waals surface area contributed by atoms with Gasteiger partial charge in [-0.2, -0.15) is 0 Å². The maximum atomic E-state index is 13.4. The van der Waals surface area contributed by atoms with E-state index in [9.17, 15) is 18.4 Å². The Morgan fingerprint density at radius 2 is 1.90 bits per heavy atom. The van der Waals surface area contributed by atoms with Crippen molar-refractivity contribution in [1.29, 1.82) is 0 Å². The third-order valence-corrected chi connectivity index (χ3v) is 5.84. The molecule has 0 atom stereocenters. The van der Waals surface area contributed by atoms with Gasteiger partial charge in [-0.25, -0.2) is 8.78 Å². The van der Waals surface area contributed by atoms with Crippen molar-refractivity contribution >= 4 is 22.6 Å². The van der Waals surface area contributed by atoms with Gasteiger partial charge in [0.25, 0.3) is 17.7 Å². The molecule has 0 saturated carbocycles. The molecule has 1 saturated heterocycles. The first-order valence-corrected chi connectivity index (χ1v) is 9.89. The van der Waals surface area contributed by atoms with Crippen molar-refractivity contribution in [2.45, 2.75) is 25.3 Å². The van der Waals surface area contributed by atoms with Crippen molar-refractivity contribution in [3.05, 3.63) is 65.5 Å². The fourth-order valence-electron chi connectivity index (χ4n) is 4.14. The smallest absolute Gasteiger partial charge is 0.270 e. The number of hydrogen-bond acceptors (Lipinski definition) is 3. The third kappa shape index (κ3) is 3.20. The van der Waals surface area contributed by atoms with Crippen LogP contribution in [0.15, 0.2) is 48.7 Å². The van der Waals surface area contributed by atoms with Gasteiger partial charge in [0.05, 0.1) is 0 Å². The lowest BCUT2D eigenvalue weighted by Gasteiger charge is -2.31. The molecular formula is C23H19F2N3O2. The lowest BCUT2D eigenvalue weighted by Crippen LogP contribution is -2.42. The van der Waals surface area contributed by atoms with Crippen LogP contribution in [0, 0.1) is 0 Å². The number of aromatic nitrogens is 1. The molecule has 2 aliphatic rings. The molecule has 5 nitrogen and oxygen atoms in total. The highest BCUT2D eigenvalue weighted by molar-refractivity contribution is 6.03. The fraction of sp³-hybridized carbons (Fsp3) is 0.261. The second kappa shape index (κ2) is 6.86. The Kier molecular flexibility index (Phi) is 4.27. The second-order valence-corrected chi connectivity index (χ2v) is 7.80. The van der Waals surface area contributed by atoms with Gasteiger partial charge in [0, 0.05) is 55.4 Å². The zero-order valence-corrected chi connectivity index (χ0v) is 16.1. The Balaban J connectivity index is 1.47. The topological polar surface area (TPSA) is 62.3 Å². The van der Waals surface area contributed by atoms with E-state index in [0.717, 1.165) is 27.5 Å². The number of halogens is 2. The van der Waals surface area contributed by atoms with Gasteiger partial charge in [-0.1, -0.05) is 24.3 Å². The molecule has 30 heavy (non-hydrogen) atoms. The van der Waals surface area contributed by atoms with Gasteiger partial charge < -0.3 is 10.2 Å². The van der Waals surface area contributed by atoms with Crippen molar-refractivity contribution in [3.63, 3.8) is 0 Å². The van der Waals surface area contributed by atoms with E-state index in [2.05, 4.69) is 10.3 Å². The van der Waals surface area contributed by atoms with Crippen LogP contribution < -0.4 is 5.32 Å². The molecule has 0 spiro atoms. The summed E-state index contributed by atoms with van der Waals surface area (Å²) in [5.74, 6) is -3.06. The Bertz CT molecular complexity index is 1180. The summed E-state index contributed by atoms with van der Waals surface area (Å²) in [5.41, 5.74) is 3.67. The lowest BCUT2D eigenvalue weighted by molar-refractivity contribution is -0.0494. The first-order chi connectivity index (χ1) is 14.4. The number of rotatable bonds is 2. The van der Waals surface area contributed by atoms with Gasteiger partial charge >= 0.3 is 0 Å². The maximum absolute atomic E-state index is 13.4. The number of amides is 2. The Labute approximate surface area is 171 Å². The summed E-state index contributed by atoms with van der Waals surface area (Å²) >= 11 is 0. The number of likely N-dealkylation sites (tertiary alicyclic amines) is 1.